The fraction of sp³-hybridized carbons (Fsp3) is 0.304. The summed E-state index contributed by atoms with van der Waals surface area (Å²) in [5.74, 6) is 0.0636. The van der Waals surface area contributed by atoms with Crippen molar-refractivity contribution in [2.24, 2.45) is 0 Å². The minimum atomic E-state index is -0.309. The SMILES string of the molecule is Cc1cc(OCn2ccc(C(=O)NC(CCN(C)C)c3ccc(F)cc3)n2)ccc1Cl. The average Bonchev–Trinajstić information content (AvgIpc) is 3.21. The van der Waals surface area contributed by atoms with Crippen molar-refractivity contribution in [3.63, 3.8) is 0 Å². The summed E-state index contributed by atoms with van der Waals surface area (Å²) in [6.45, 7) is 2.83. The van der Waals surface area contributed by atoms with Crippen LogP contribution in [0.15, 0.2) is 54.7 Å². The Morgan fingerprint density at radius 2 is 1.97 bits per heavy atom. The maximum atomic E-state index is 13.3. The zero-order valence-electron chi connectivity index (χ0n) is 17.8. The smallest absolute Gasteiger partial charge is 0.272 e. The predicted octanol–water partition coefficient (Wildman–Crippen LogP) is 4.44. The van der Waals surface area contributed by atoms with Gasteiger partial charge in [-0.25, -0.2) is 9.07 Å². The van der Waals surface area contributed by atoms with Gasteiger partial charge < -0.3 is 15.0 Å². The first kappa shape index (κ1) is 22.8. The highest BCUT2D eigenvalue weighted by Gasteiger charge is 2.18. The number of nitrogens with zero attached hydrogens (tertiary/aromatic N) is 3. The fourth-order valence-electron chi connectivity index (χ4n) is 3.04. The Hall–Kier alpha value is -2.90. The largest absolute Gasteiger partial charge is 0.471 e. The summed E-state index contributed by atoms with van der Waals surface area (Å²) in [5.41, 5.74) is 2.05. The van der Waals surface area contributed by atoms with E-state index < -0.39 is 0 Å². The van der Waals surface area contributed by atoms with Gasteiger partial charge in [0.2, 0.25) is 0 Å². The van der Waals surface area contributed by atoms with Crippen molar-refractivity contribution in [2.75, 3.05) is 20.6 Å². The number of halogens is 2. The molecular formula is C23H26ClFN4O2. The first-order valence-electron chi connectivity index (χ1n) is 9.95. The van der Waals surface area contributed by atoms with Gasteiger partial charge in [0.05, 0.1) is 6.04 Å². The highest BCUT2D eigenvalue weighted by molar-refractivity contribution is 6.31. The number of rotatable bonds is 9. The van der Waals surface area contributed by atoms with E-state index in [1.807, 2.05) is 32.0 Å². The van der Waals surface area contributed by atoms with Crippen LogP contribution in [0.1, 0.15) is 34.1 Å². The van der Waals surface area contributed by atoms with Crippen molar-refractivity contribution in [3.8, 4) is 5.75 Å². The van der Waals surface area contributed by atoms with E-state index in [-0.39, 0.29) is 30.2 Å². The molecule has 0 saturated heterocycles. The highest BCUT2D eigenvalue weighted by atomic mass is 35.5. The van der Waals surface area contributed by atoms with Crippen molar-refractivity contribution >= 4 is 17.5 Å². The first-order chi connectivity index (χ1) is 14.8. The van der Waals surface area contributed by atoms with E-state index in [1.54, 1.807) is 41.2 Å². The Morgan fingerprint density at radius 1 is 1.23 bits per heavy atom. The van der Waals surface area contributed by atoms with Crippen LogP contribution < -0.4 is 10.1 Å². The Labute approximate surface area is 186 Å². The van der Waals surface area contributed by atoms with Gasteiger partial charge in [-0.05, 0) is 81.5 Å². The van der Waals surface area contributed by atoms with Crippen LogP contribution in [0.2, 0.25) is 5.02 Å². The lowest BCUT2D eigenvalue weighted by atomic mass is 10.0. The monoisotopic (exact) mass is 444 g/mol. The number of aromatic nitrogens is 2. The first-order valence-corrected chi connectivity index (χ1v) is 10.3. The normalized spacial score (nSPS) is 12.1. The van der Waals surface area contributed by atoms with E-state index in [1.165, 1.54) is 12.1 Å². The number of benzene rings is 2. The molecule has 3 rings (SSSR count). The van der Waals surface area contributed by atoms with E-state index in [0.29, 0.717) is 17.2 Å². The van der Waals surface area contributed by atoms with Gasteiger partial charge in [-0.2, -0.15) is 5.10 Å². The van der Waals surface area contributed by atoms with E-state index in [2.05, 4.69) is 10.4 Å². The van der Waals surface area contributed by atoms with Crippen LogP contribution in [0.25, 0.3) is 0 Å². The van der Waals surface area contributed by atoms with Crippen molar-refractivity contribution in [1.29, 1.82) is 0 Å². The molecule has 31 heavy (non-hydrogen) atoms. The van der Waals surface area contributed by atoms with E-state index >= 15 is 0 Å². The van der Waals surface area contributed by atoms with Gasteiger partial charge >= 0.3 is 0 Å². The van der Waals surface area contributed by atoms with Gasteiger partial charge in [0.25, 0.3) is 5.91 Å². The molecule has 8 heteroatoms. The minimum absolute atomic E-state index is 0.163. The molecule has 0 fully saturated rings. The molecule has 0 spiro atoms. The predicted molar refractivity (Wildman–Crippen MR) is 119 cm³/mol. The summed E-state index contributed by atoms with van der Waals surface area (Å²) in [6, 6.07) is 13.0. The number of carbonyl (C=O) groups excluding carboxylic acids is 1. The van der Waals surface area contributed by atoms with Crippen LogP contribution >= 0.6 is 11.6 Å². The van der Waals surface area contributed by atoms with Crippen LogP contribution in [-0.4, -0.2) is 41.2 Å². The molecular weight excluding hydrogens is 419 g/mol. The average molecular weight is 445 g/mol. The van der Waals surface area contributed by atoms with Crippen LogP contribution in [0.5, 0.6) is 5.75 Å². The van der Waals surface area contributed by atoms with Crippen LogP contribution in [0.3, 0.4) is 0 Å². The van der Waals surface area contributed by atoms with Crippen molar-refractivity contribution in [2.45, 2.75) is 26.1 Å². The second-order valence-corrected chi connectivity index (χ2v) is 8.00. The maximum absolute atomic E-state index is 13.3. The van der Waals surface area contributed by atoms with E-state index in [4.69, 9.17) is 16.3 Å². The lowest BCUT2D eigenvalue weighted by Gasteiger charge is -2.21. The number of amides is 1. The van der Waals surface area contributed by atoms with Gasteiger partial charge in [0.1, 0.15) is 17.3 Å². The molecule has 3 aromatic rings. The van der Waals surface area contributed by atoms with Gasteiger partial charge in [0, 0.05) is 11.2 Å². The third-order valence-corrected chi connectivity index (χ3v) is 5.23. The molecule has 0 aliphatic heterocycles. The topological polar surface area (TPSA) is 59.4 Å². The Balaban J connectivity index is 1.64. The molecule has 1 unspecified atom stereocenters. The molecule has 0 bridgehead atoms. The van der Waals surface area contributed by atoms with Crippen molar-refractivity contribution in [1.82, 2.24) is 20.0 Å². The molecule has 1 atom stereocenters. The molecule has 1 amide bonds. The molecule has 164 valence electrons. The summed E-state index contributed by atoms with van der Waals surface area (Å²) in [5, 5.41) is 7.99. The fourth-order valence-corrected chi connectivity index (χ4v) is 3.16. The summed E-state index contributed by atoms with van der Waals surface area (Å²) in [6.07, 6.45) is 2.37. The zero-order chi connectivity index (χ0) is 22.4. The second kappa shape index (κ2) is 10.4. The number of carbonyl (C=O) groups is 1. The Morgan fingerprint density at radius 3 is 2.65 bits per heavy atom. The quantitative estimate of drug-likeness (QED) is 0.530. The molecule has 1 N–H and O–H groups in total. The van der Waals surface area contributed by atoms with Gasteiger partial charge in [-0.3, -0.25) is 4.79 Å². The summed E-state index contributed by atoms with van der Waals surface area (Å²) in [4.78, 5) is 14.8. The Bertz CT molecular complexity index is 1020. The van der Waals surface area contributed by atoms with Crippen LogP contribution in [0, 0.1) is 12.7 Å². The van der Waals surface area contributed by atoms with E-state index in [9.17, 15) is 9.18 Å². The summed E-state index contributed by atoms with van der Waals surface area (Å²) in [7, 11) is 3.93. The lowest BCUT2D eigenvalue weighted by molar-refractivity contribution is 0.0925. The lowest BCUT2D eigenvalue weighted by Crippen LogP contribution is -2.31. The number of nitrogens with one attached hydrogen (secondary N) is 1. The van der Waals surface area contributed by atoms with Crippen LogP contribution in [0.4, 0.5) is 4.39 Å². The highest BCUT2D eigenvalue weighted by Crippen LogP contribution is 2.21. The third kappa shape index (κ3) is 6.54. The summed E-state index contributed by atoms with van der Waals surface area (Å²) < 4.78 is 20.6. The minimum Gasteiger partial charge on any atom is -0.471 e. The number of hydrogen-bond donors (Lipinski definition) is 1. The van der Waals surface area contributed by atoms with Gasteiger partial charge in [0.15, 0.2) is 6.73 Å². The molecule has 6 nitrogen and oxygen atoms in total. The van der Waals surface area contributed by atoms with E-state index in [0.717, 1.165) is 17.7 Å². The molecule has 0 aliphatic carbocycles. The second-order valence-electron chi connectivity index (χ2n) is 7.59. The zero-order valence-corrected chi connectivity index (χ0v) is 18.6. The standard InChI is InChI=1S/C23H26ClFN4O2/c1-16-14-19(8-9-20(16)24)31-15-29-13-11-22(27-29)23(30)26-21(10-12-28(2)3)17-4-6-18(25)7-5-17/h4-9,11,13-14,21H,10,12,15H2,1-3H3,(H,26,30). The molecule has 0 radical (unpaired) electrons. The molecule has 1 heterocycles. The number of hydrogen-bond acceptors (Lipinski definition) is 4. The number of aryl methyl sites for hydroxylation is 1. The maximum Gasteiger partial charge on any atom is 0.272 e. The molecule has 2 aromatic carbocycles. The molecule has 0 aliphatic rings. The number of ether oxygens (including phenoxy) is 1. The molecule has 1 aromatic heterocycles. The molecule has 0 saturated carbocycles. The third-order valence-electron chi connectivity index (χ3n) is 4.81. The van der Waals surface area contributed by atoms with Gasteiger partial charge in [-0.15, -0.1) is 0 Å². The van der Waals surface area contributed by atoms with Crippen molar-refractivity contribution < 1.29 is 13.9 Å². The van der Waals surface area contributed by atoms with Crippen molar-refractivity contribution in [3.05, 3.63) is 82.4 Å². The van der Waals surface area contributed by atoms with Crippen LogP contribution in [-0.2, 0) is 6.73 Å². The van der Waals surface area contributed by atoms with Gasteiger partial charge in [-0.1, -0.05) is 23.7 Å². The Kier molecular flexibility index (Phi) is 7.65. The summed E-state index contributed by atoms with van der Waals surface area (Å²) >= 11 is 6.03.